The zero-order valence-corrected chi connectivity index (χ0v) is 10.7. The van der Waals surface area contributed by atoms with Gasteiger partial charge in [-0.05, 0) is 30.5 Å². The van der Waals surface area contributed by atoms with Crippen LogP contribution in [-0.2, 0) is 6.18 Å². The van der Waals surface area contributed by atoms with Crippen molar-refractivity contribution in [1.82, 2.24) is 0 Å². The molecule has 1 nitrogen and oxygen atoms in total. The number of rotatable bonds is 4. The lowest BCUT2D eigenvalue weighted by Crippen LogP contribution is -2.11. The molecule has 2 rings (SSSR count). The molecule has 1 fully saturated rings. The number of hydrogen-bond donors (Lipinski definition) is 1. The molecule has 0 spiro atoms. The molecule has 0 bridgehead atoms. The molecular weight excluding hydrogens is 295 g/mol. The molecule has 0 unspecified atom stereocenters. The lowest BCUT2D eigenvalue weighted by molar-refractivity contribution is -0.136. The number of hydrogen-bond acceptors (Lipinski definition) is 1. The van der Waals surface area contributed by atoms with Crippen LogP contribution in [0.25, 0.3) is 0 Å². The molecule has 1 aliphatic carbocycles. The van der Waals surface area contributed by atoms with Crippen molar-refractivity contribution in [2.24, 2.45) is 5.92 Å². The molecule has 1 N–H and O–H groups in total. The first kappa shape index (κ1) is 12.7. The Morgan fingerprint density at radius 2 is 2.00 bits per heavy atom. The first-order valence-corrected chi connectivity index (χ1v) is 6.37. The second-order valence-corrected chi connectivity index (χ2v) is 5.26. The summed E-state index contributed by atoms with van der Waals surface area (Å²) >= 11 is 3.19. The highest BCUT2D eigenvalue weighted by atomic mass is 79.9. The van der Waals surface area contributed by atoms with E-state index in [1.165, 1.54) is 25.0 Å². The first-order chi connectivity index (χ1) is 7.97. The van der Waals surface area contributed by atoms with Gasteiger partial charge in [-0.2, -0.15) is 13.2 Å². The highest BCUT2D eigenvalue weighted by Crippen LogP contribution is 2.37. The zero-order valence-electron chi connectivity index (χ0n) is 9.15. The van der Waals surface area contributed by atoms with Gasteiger partial charge in [0.05, 0.1) is 5.56 Å². The Kier molecular flexibility index (Phi) is 3.66. The standard InChI is InChI=1S/C12H13BrF3N/c13-9-3-4-10(12(14,15)16)11(7-9)17-6-5-8-1-2-8/h3-4,7-8,17H,1-2,5-6H2. The Labute approximate surface area is 107 Å². The monoisotopic (exact) mass is 307 g/mol. The van der Waals surface area contributed by atoms with Gasteiger partial charge in [-0.3, -0.25) is 0 Å². The summed E-state index contributed by atoms with van der Waals surface area (Å²) in [5, 5.41) is 2.88. The predicted molar refractivity (Wildman–Crippen MR) is 65.0 cm³/mol. The highest BCUT2D eigenvalue weighted by Gasteiger charge is 2.33. The van der Waals surface area contributed by atoms with Gasteiger partial charge in [-0.1, -0.05) is 28.8 Å². The summed E-state index contributed by atoms with van der Waals surface area (Å²) in [6, 6.07) is 3.99. The number of anilines is 1. The number of halogens is 4. The summed E-state index contributed by atoms with van der Waals surface area (Å²) in [7, 11) is 0. The Hall–Kier alpha value is -0.710. The minimum absolute atomic E-state index is 0.160. The molecule has 0 saturated heterocycles. The largest absolute Gasteiger partial charge is 0.418 e. The van der Waals surface area contributed by atoms with Crippen molar-refractivity contribution < 1.29 is 13.2 Å². The van der Waals surface area contributed by atoms with Crippen molar-refractivity contribution >= 4 is 21.6 Å². The fourth-order valence-corrected chi connectivity index (χ4v) is 2.09. The zero-order chi connectivity index (χ0) is 12.5. The molecule has 0 heterocycles. The normalized spacial score (nSPS) is 16.0. The summed E-state index contributed by atoms with van der Waals surface area (Å²) in [6.45, 7) is 0.601. The van der Waals surface area contributed by atoms with E-state index in [2.05, 4.69) is 21.2 Å². The molecule has 0 atom stereocenters. The van der Waals surface area contributed by atoms with Crippen LogP contribution in [0.2, 0.25) is 0 Å². The average molecular weight is 308 g/mol. The van der Waals surface area contributed by atoms with E-state index < -0.39 is 11.7 Å². The Morgan fingerprint density at radius 3 is 2.59 bits per heavy atom. The summed E-state index contributed by atoms with van der Waals surface area (Å²) in [6.07, 6.45) is -0.926. The van der Waals surface area contributed by atoms with Gasteiger partial charge in [0.25, 0.3) is 0 Å². The molecule has 1 saturated carbocycles. The lowest BCUT2D eigenvalue weighted by Gasteiger charge is -2.14. The molecule has 94 valence electrons. The van der Waals surface area contributed by atoms with Crippen LogP contribution in [0, 0.1) is 5.92 Å². The van der Waals surface area contributed by atoms with Crippen molar-refractivity contribution in [3.8, 4) is 0 Å². The van der Waals surface area contributed by atoms with Gasteiger partial charge < -0.3 is 5.32 Å². The van der Waals surface area contributed by atoms with Crippen LogP contribution in [0.4, 0.5) is 18.9 Å². The van der Waals surface area contributed by atoms with E-state index in [0.29, 0.717) is 16.9 Å². The Morgan fingerprint density at radius 1 is 1.29 bits per heavy atom. The molecule has 1 aromatic rings. The van der Waals surface area contributed by atoms with Crippen molar-refractivity contribution in [2.75, 3.05) is 11.9 Å². The summed E-state index contributed by atoms with van der Waals surface area (Å²) in [5.41, 5.74) is -0.441. The summed E-state index contributed by atoms with van der Waals surface area (Å²) < 4.78 is 38.8. The van der Waals surface area contributed by atoms with E-state index in [1.807, 2.05) is 0 Å². The minimum atomic E-state index is -4.30. The maximum atomic E-state index is 12.7. The van der Waals surface area contributed by atoms with E-state index in [1.54, 1.807) is 0 Å². The number of nitrogens with one attached hydrogen (secondary N) is 1. The molecule has 5 heteroatoms. The maximum absolute atomic E-state index is 12.7. The minimum Gasteiger partial charge on any atom is -0.385 e. The highest BCUT2D eigenvalue weighted by molar-refractivity contribution is 9.10. The molecule has 0 aromatic heterocycles. The fraction of sp³-hybridized carbons (Fsp3) is 0.500. The van der Waals surface area contributed by atoms with Gasteiger partial charge >= 0.3 is 6.18 Å². The van der Waals surface area contributed by atoms with Crippen molar-refractivity contribution in [3.05, 3.63) is 28.2 Å². The molecule has 1 aliphatic rings. The predicted octanol–water partition coefficient (Wildman–Crippen LogP) is 4.68. The van der Waals surface area contributed by atoms with E-state index in [0.717, 1.165) is 12.5 Å². The smallest absolute Gasteiger partial charge is 0.385 e. The van der Waals surface area contributed by atoms with Gasteiger partial charge in [-0.25, -0.2) is 0 Å². The van der Waals surface area contributed by atoms with Crippen LogP contribution in [0.1, 0.15) is 24.8 Å². The summed E-state index contributed by atoms with van der Waals surface area (Å²) in [5.74, 6) is 0.712. The fourth-order valence-electron chi connectivity index (χ4n) is 1.73. The first-order valence-electron chi connectivity index (χ1n) is 5.57. The second kappa shape index (κ2) is 4.88. The second-order valence-electron chi connectivity index (χ2n) is 4.35. The van der Waals surface area contributed by atoms with Crippen LogP contribution in [0.3, 0.4) is 0 Å². The van der Waals surface area contributed by atoms with Crippen LogP contribution < -0.4 is 5.32 Å². The SMILES string of the molecule is FC(F)(F)c1ccc(Br)cc1NCCC1CC1. The number of benzene rings is 1. The molecule has 17 heavy (non-hydrogen) atoms. The quantitative estimate of drug-likeness (QED) is 0.851. The van der Waals surface area contributed by atoms with E-state index in [4.69, 9.17) is 0 Å². The molecule has 0 aliphatic heterocycles. The van der Waals surface area contributed by atoms with E-state index in [9.17, 15) is 13.2 Å². The third-order valence-corrected chi connectivity index (χ3v) is 3.35. The third-order valence-electron chi connectivity index (χ3n) is 2.85. The van der Waals surface area contributed by atoms with Crippen LogP contribution in [0.5, 0.6) is 0 Å². The molecular formula is C12H13BrF3N. The maximum Gasteiger partial charge on any atom is 0.418 e. The average Bonchev–Trinajstić information content (AvgIpc) is 2.99. The van der Waals surface area contributed by atoms with Gasteiger partial charge in [0.15, 0.2) is 0 Å². The van der Waals surface area contributed by atoms with Crippen molar-refractivity contribution in [2.45, 2.75) is 25.4 Å². The Bertz CT molecular complexity index is 399. The van der Waals surface area contributed by atoms with Gasteiger partial charge in [0.2, 0.25) is 0 Å². The van der Waals surface area contributed by atoms with Gasteiger partial charge in [0, 0.05) is 16.7 Å². The van der Waals surface area contributed by atoms with E-state index in [-0.39, 0.29) is 5.69 Å². The van der Waals surface area contributed by atoms with Gasteiger partial charge in [-0.15, -0.1) is 0 Å². The van der Waals surface area contributed by atoms with Crippen molar-refractivity contribution in [3.63, 3.8) is 0 Å². The van der Waals surface area contributed by atoms with Crippen LogP contribution in [0.15, 0.2) is 22.7 Å². The van der Waals surface area contributed by atoms with Crippen LogP contribution >= 0.6 is 15.9 Å². The van der Waals surface area contributed by atoms with E-state index >= 15 is 0 Å². The molecule has 1 aromatic carbocycles. The Balaban J connectivity index is 2.08. The third kappa shape index (κ3) is 3.63. The number of alkyl halides is 3. The van der Waals surface area contributed by atoms with Crippen LogP contribution in [-0.4, -0.2) is 6.54 Å². The topological polar surface area (TPSA) is 12.0 Å². The van der Waals surface area contributed by atoms with Gasteiger partial charge in [0.1, 0.15) is 0 Å². The lowest BCUT2D eigenvalue weighted by atomic mass is 10.1. The molecule has 0 radical (unpaired) electrons. The summed E-state index contributed by atoms with van der Waals surface area (Å²) in [4.78, 5) is 0. The molecule has 0 amide bonds. The van der Waals surface area contributed by atoms with Crippen molar-refractivity contribution in [1.29, 1.82) is 0 Å².